The smallest absolute Gasteiger partial charge is 0.271 e. The summed E-state index contributed by atoms with van der Waals surface area (Å²) < 4.78 is 0. The zero-order valence-corrected chi connectivity index (χ0v) is 10.3. The molecule has 0 saturated carbocycles. The standard InChI is InChI=1S/C14H11N3O2/c1-9-3-2-4-10(7-9)14-15-12-6-5-11(17(18)19)8-13(12)16-14/h2-8H,1H3,(H,15,16). The molecule has 0 aliphatic carbocycles. The van der Waals surface area contributed by atoms with E-state index in [1.54, 1.807) is 6.07 Å². The Morgan fingerprint density at radius 1 is 1.21 bits per heavy atom. The van der Waals surface area contributed by atoms with Crippen LogP contribution in [0.1, 0.15) is 5.56 Å². The second kappa shape index (κ2) is 4.20. The largest absolute Gasteiger partial charge is 0.338 e. The summed E-state index contributed by atoms with van der Waals surface area (Å²) in [5.41, 5.74) is 3.57. The Hall–Kier alpha value is -2.69. The van der Waals surface area contributed by atoms with Crippen LogP contribution in [0.2, 0.25) is 0 Å². The van der Waals surface area contributed by atoms with Crippen molar-refractivity contribution in [3.8, 4) is 11.4 Å². The first-order valence-electron chi connectivity index (χ1n) is 5.85. The molecule has 0 amide bonds. The van der Waals surface area contributed by atoms with Crippen LogP contribution < -0.4 is 0 Å². The first-order chi connectivity index (χ1) is 9.13. The molecule has 0 atom stereocenters. The fraction of sp³-hybridized carbons (Fsp3) is 0.0714. The Kier molecular flexibility index (Phi) is 2.52. The molecule has 19 heavy (non-hydrogen) atoms. The Morgan fingerprint density at radius 2 is 2.05 bits per heavy atom. The highest BCUT2D eigenvalue weighted by molar-refractivity contribution is 5.81. The number of nitrogens with zero attached hydrogens (tertiary/aromatic N) is 2. The first-order valence-corrected chi connectivity index (χ1v) is 5.85. The number of aromatic amines is 1. The number of rotatable bonds is 2. The summed E-state index contributed by atoms with van der Waals surface area (Å²) in [6.45, 7) is 2.01. The summed E-state index contributed by atoms with van der Waals surface area (Å²) in [5, 5.41) is 10.7. The number of fused-ring (bicyclic) bond motifs is 1. The molecule has 1 heterocycles. The van der Waals surface area contributed by atoms with Gasteiger partial charge in [-0.25, -0.2) is 4.98 Å². The molecule has 3 rings (SSSR count). The molecule has 0 unspecified atom stereocenters. The molecule has 0 bridgehead atoms. The maximum Gasteiger partial charge on any atom is 0.271 e. The zero-order valence-electron chi connectivity index (χ0n) is 10.3. The summed E-state index contributed by atoms with van der Waals surface area (Å²) in [6.07, 6.45) is 0. The lowest BCUT2D eigenvalue weighted by molar-refractivity contribution is -0.384. The summed E-state index contributed by atoms with van der Waals surface area (Å²) >= 11 is 0. The molecule has 0 aliphatic rings. The average molecular weight is 253 g/mol. The fourth-order valence-electron chi connectivity index (χ4n) is 2.04. The highest BCUT2D eigenvalue weighted by atomic mass is 16.6. The minimum absolute atomic E-state index is 0.0620. The molecule has 3 aromatic rings. The summed E-state index contributed by atoms with van der Waals surface area (Å²) in [6, 6.07) is 12.6. The third-order valence-electron chi connectivity index (χ3n) is 2.97. The highest BCUT2D eigenvalue weighted by Gasteiger charge is 2.10. The van der Waals surface area contributed by atoms with Gasteiger partial charge in [-0.1, -0.05) is 23.8 Å². The number of nitro benzene ring substituents is 1. The summed E-state index contributed by atoms with van der Waals surface area (Å²) in [5.74, 6) is 0.721. The maximum atomic E-state index is 10.7. The third-order valence-corrected chi connectivity index (χ3v) is 2.97. The Bertz CT molecular complexity index is 777. The minimum Gasteiger partial charge on any atom is -0.338 e. The molecule has 5 heteroatoms. The van der Waals surface area contributed by atoms with E-state index in [9.17, 15) is 10.1 Å². The van der Waals surface area contributed by atoms with E-state index in [-0.39, 0.29) is 5.69 Å². The topological polar surface area (TPSA) is 71.8 Å². The minimum atomic E-state index is -0.410. The van der Waals surface area contributed by atoms with E-state index >= 15 is 0 Å². The number of benzene rings is 2. The molecule has 0 saturated heterocycles. The normalized spacial score (nSPS) is 10.8. The van der Waals surface area contributed by atoms with Crippen LogP contribution in [0, 0.1) is 17.0 Å². The first kappa shape index (κ1) is 11.4. The van der Waals surface area contributed by atoms with Gasteiger partial charge < -0.3 is 4.98 Å². The number of non-ortho nitro benzene ring substituents is 1. The number of aryl methyl sites for hydroxylation is 1. The predicted molar refractivity (Wildman–Crippen MR) is 72.9 cm³/mol. The van der Waals surface area contributed by atoms with Gasteiger partial charge in [0.1, 0.15) is 5.82 Å². The van der Waals surface area contributed by atoms with Crippen LogP contribution >= 0.6 is 0 Å². The number of nitro groups is 1. The molecule has 1 N–H and O–H groups in total. The van der Waals surface area contributed by atoms with Crippen molar-refractivity contribution in [2.45, 2.75) is 6.92 Å². The summed E-state index contributed by atoms with van der Waals surface area (Å²) in [7, 11) is 0. The van der Waals surface area contributed by atoms with Crippen molar-refractivity contribution in [1.29, 1.82) is 0 Å². The van der Waals surface area contributed by atoms with E-state index in [0.29, 0.717) is 5.52 Å². The highest BCUT2D eigenvalue weighted by Crippen LogP contribution is 2.24. The van der Waals surface area contributed by atoms with Crippen LogP contribution in [0.3, 0.4) is 0 Å². The monoisotopic (exact) mass is 253 g/mol. The molecule has 5 nitrogen and oxygen atoms in total. The van der Waals surface area contributed by atoms with Crippen molar-refractivity contribution in [3.63, 3.8) is 0 Å². The van der Waals surface area contributed by atoms with Gasteiger partial charge in [-0.05, 0) is 19.1 Å². The van der Waals surface area contributed by atoms with Crippen molar-refractivity contribution < 1.29 is 4.92 Å². The number of hydrogen-bond donors (Lipinski definition) is 1. The van der Waals surface area contributed by atoms with Gasteiger partial charge in [-0.3, -0.25) is 10.1 Å². The van der Waals surface area contributed by atoms with Gasteiger partial charge >= 0.3 is 0 Å². The second-order valence-corrected chi connectivity index (χ2v) is 4.41. The van der Waals surface area contributed by atoms with Crippen molar-refractivity contribution in [1.82, 2.24) is 9.97 Å². The zero-order chi connectivity index (χ0) is 13.4. The third kappa shape index (κ3) is 2.06. The molecule has 0 aliphatic heterocycles. The fourth-order valence-corrected chi connectivity index (χ4v) is 2.04. The molecule has 0 spiro atoms. The molecule has 2 aromatic carbocycles. The van der Waals surface area contributed by atoms with Gasteiger partial charge in [-0.15, -0.1) is 0 Å². The molecule has 1 aromatic heterocycles. The van der Waals surface area contributed by atoms with Gasteiger partial charge in [0.05, 0.1) is 16.0 Å². The van der Waals surface area contributed by atoms with Crippen molar-refractivity contribution >= 4 is 16.7 Å². The number of H-pyrrole nitrogens is 1. The molecule has 0 radical (unpaired) electrons. The Morgan fingerprint density at radius 3 is 2.79 bits per heavy atom. The molecule has 94 valence electrons. The summed E-state index contributed by atoms with van der Waals surface area (Å²) in [4.78, 5) is 17.9. The number of hydrogen-bond acceptors (Lipinski definition) is 3. The number of imidazole rings is 1. The van der Waals surface area contributed by atoms with E-state index in [2.05, 4.69) is 9.97 Å². The van der Waals surface area contributed by atoms with Gasteiger partial charge in [0, 0.05) is 17.7 Å². The Balaban J connectivity index is 2.14. The second-order valence-electron chi connectivity index (χ2n) is 4.41. The lowest BCUT2D eigenvalue weighted by Crippen LogP contribution is -1.86. The van der Waals surface area contributed by atoms with Gasteiger partial charge in [-0.2, -0.15) is 0 Å². The van der Waals surface area contributed by atoms with Gasteiger partial charge in [0.15, 0.2) is 0 Å². The van der Waals surface area contributed by atoms with E-state index in [1.807, 2.05) is 31.2 Å². The lowest BCUT2D eigenvalue weighted by Gasteiger charge is -1.97. The number of nitrogens with one attached hydrogen (secondary N) is 1. The van der Waals surface area contributed by atoms with Crippen LogP contribution in [-0.2, 0) is 0 Å². The molecule has 0 fully saturated rings. The van der Waals surface area contributed by atoms with E-state index in [1.165, 1.54) is 12.1 Å². The van der Waals surface area contributed by atoms with Crippen LogP contribution in [0.25, 0.3) is 22.4 Å². The van der Waals surface area contributed by atoms with Crippen LogP contribution in [0.15, 0.2) is 42.5 Å². The number of aromatic nitrogens is 2. The SMILES string of the molecule is Cc1cccc(-c2nc3ccc([N+](=O)[O-])cc3[nH]2)c1. The van der Waals surface area contributed by atoms with Crippen molar-refractivity contribution in [2.75, 3.05) is 0 Å². The molecular weight excluding hydrogens is 242 g/mol. The van der Waals surface area contributed by atoms with Crippen LogP contribution in [-0.4, -0.2) is 14.9 Å². The van der Waals surface area contributed by atoms with Gasteiger partial charge in [0.25, 0.3) is 5.69 Å². The predicted octanol–water partition coefficient (Wildman–Crippen LogP) is 3.45. The van der Waals surface area contributed by atoms with E-state index in [4.69, 9.17) is 0 Å². The van der Waals surface area contributed by atoms with Crippen molar-refractivity contribution in [2.24, 2.45) is 0 Å². The molecular formula is C14H11N3O2. The van der Waals surface area contributed by atoms with E-state index < -0.39 is 4.92 Å². The Labute approximate surface area is 109 Å². The quantitative estimate of drug-likeness (QED) is 0.561. The van der Waals surface area contributed by atoms with E-state index in [0.717, 1.165) is 22.5 Å². The maximum absolute atomic E-state index is 10.7. The lowest BCUT2D eigenvalue weighted by atomic mass is 10.1. The average Bonchev–Trinajstić information content (AvgIpc) is 2.81. The van der Waals surface area contributed by atoms with Crippen LogP contribution in [0.5, 0.6) is 0 Å². The van der Waals surface area contributed by atoms with Crippen LogP contribution in [0.4, 0.5) is 5.69 Å². The van der Waals surface area contributed by atoms with Gasteiger partial charge in [0.2, 0.25) is 0 Å². The van der Waals surface area contributed by atoms with Crippen molar-refractivity contribution in [3.05, 3.63) is 58.1 Å².